The van der Waals surface area contributed by atoms with Gasteiger partial charge in [-0.2, -0.15) is 8.42 Å². The molecule has 6 heteroatoms. The highest BCUT2D eigenvalue weighted by atomic mass is 33.1. The Hall–Kier alpha value is 0.220. The van der Waals surface area contributed by atoms with Crippen LogP contribution in [0.15, 0.2) is 0 Å². The molecule has 0 saturated carbocycles. The Kier molecular flexibility index (Phi) is 6.72. The lowest BCUT2D eigenvalue weighted by molar-refractivity contribution is 0.224. The van der Waals surface area contributed by atoms with E-state index in [4.69, 9.17) is 4.55 Å². The number of hydrogen-bond donors (Lipinski definition) is 1. The summed E-state index contributed by atoms with van der Waals surface area (Å²) in [5.74, 6) is 0.499. The molecule has 1 rings (SSSR count). The van der Waals surface area contributed by atoms with Gasteiger partial charge in [0.05, 0.1) is 0 Å². The van der Waals surface area contributed by atoms with Gasteiger partial charge in [-0.05, 0) is 56.1 Å². The lowest BCUT2D eigenvalue weighted by atomic mass is 10.1. The van der Waals surface area contributed by atoms with Gasteiger partial charge in [0.1, 0.15) is 0 Å². The molecule has 0 atom stereocenters. The van der Waals surface area contributed by atoms with Gasteiger partial charge in [0.2, 0.25) is 0 Å². The average Bonchev–Trinajstić information content (AvgIpc) is 2.23. The number of nitrogens with zero attached hydrogens (tertiary/aromatic N) is 1. The molecule has 0 spiro atoms. The first kappa shape index (κ1) is 14.3. The zero-order valence-electron chi connectivity index (χ0n) is 9.60. The van der Waals surface area contributed by atoms with E-state index in [0.29, 0.717) is 16.5 Å². The molecule has 4 nitrogen and oxygen atoms in total. The summed E-state index contributed by atoms with van der Waals surface area (Å²) in [6.07, 6.45) is 7.03. The van der Waals surface area contributed by atoms with Crippen LogP contribution in [-0.4, -0.2) is 43.3 Å². The lowest BCUT2D eigenvalue weighted by Crippen LogP contribution is -2.30. The summed E-state index contributed by atoms with van der Waals surface area (Å²) < 4.78 is 29.3. The Bertz CT molecular complexity index is 274. The summed E-state index contributed by atoms with van der Waals surface area (Å²) in [6.45, 7) is 3.58. The highest BCUT2D eigenvalue weighted by Crippen LogP contribution is 2.14. The number of unbranched alkanes of at least 4 members (excludes halogenated alkanes) is 2. The van der Waals surface area contributed by atoms with E-state index in [2.05, 4.69) is 4.90 Å². The molecule has 96 valence electrons. The number of piperidine rings is 1. The molecule has 1 aliphatic rings. The SMILES string of the molecule is O=S(=O)(O)SCCCCCN1CCCCC1. The smallest absolute Gasteiger partial charge is 0.303 e. The number of hydrogen-bond acceptors (Lipinski definition) is 4. The van der Waals surface area contributed by atoms with E-state index in [-0.39, 0.29) is 0 Å². The first-order chi connectivity index (χ1) is 7.58. The molecule has 16 heavy (non-hydrogen) atoms. The Labute approximate surface area is 102 Å². The fourth-order valence-corrected chi connectivity index (χ4v) is 3.48. The third-order valence-corrected chi connectivity index (χ3v) is 4.95. The van der Waals surface area contributed by atoms with Crippen molar-refractivity contribution in [3.8, 4) is 0 Å². The lowest BCUT2D eigenvalue weighted by Gasteiger charge is -2.26. The van der Waals surface area contributed by atoms with Gasteiger partial charge in [0.15, 0.2) is 0 Å². The van der Waals surface area contributed by atoms with Crippen LogP contribution in [0.1, 0.15) is 38.5 Å². The predicted octanol–water partition coefficient (Wildman–Crippen LogP) is 2.18. The van der Waals surface area contributed by atoms with Gasteiger partial charge in [0.25, 0.3) is 0 Å². The van der Waals surface area contributed by atoms with Crippen LogP contribution in [0.25, 0.3) is 0 Å². The molecule has 0 aromatic heterocycles. The van der Waals surface area contributed by atoms with E-state index in [9.17, 15) is 8.42 Å². The van der Waals surface area contributed by atoms with Crippen molar-refractivity contribution >= 4 is 19.9 Å². The van der Waals surface area contributed by atoms with E-state index in [1.165, 1.54) is 32.4 Å². The quantitative estimate of drug-likeness (QED) is 0.435. The summed E-state index contributed by atoms with van der Waals surface area (Å²) in [4.78, 5) is 2.49. The summed E-state index contributed by atoms with van der Waals surface area (Å²) in [7, 11) is -3.19. The van der Waals surface area contributed by atoms with Crippen molar-refractivity contribution in [3.05, 3.63) is 0 Å². The van der Waals surface area contributed by atoms with Crippen LogP contribution in [-0.2, 0) is 9.15 Å². The summed E-state index contributed by atoms with van der Waals surface area (Å²) >= 11 is 0. The van der Waals surface area contributed by atoms with Gasteiger partial charge in [-0.15, -0.1) is 0 Å². The summed E-state index contributed by atoms with van der Waals surface area (Å²) in [6, 6.07) is 0. The van der Waals surface area contributed by atoms with E-state index in [0.717, 1.165) is 25.8 Å². The second-order valence-electron chi connectivity index (χ2n) is 4.21. The highest BCUT2D eigenvalue weighted by Gasteiger charge is 2.09. The van der Waals surface area contributed by atoms with Crippen molar-refractivity contribution in [2.75, 3.05) is 25.4 Å². The second kappa shape index (κ2) is 7.53. The topological polar surface area (TPSA) is 57.6 Å². The van der Waals surface area contributed by atoms with Gasteiger partial charge in [-0.3, -0.25) is 4.55 Å². The van der Waals surface area contributed by atoms with Crippen LogP contribution in [0.4, 0.5) is 0 Å². The Morgan fingerprint density at radius 1 is 1.06 bits per heavy atom. The molecule has 0 aliphatic carbocycles. The minimum Gasteiger partial charge on any atom is -0.303 e. The number of likely N-dealkylation sites (tertiary alicyclic amines) is 1. The summed E-state index contributed by atoms with van der Waals surface area (Å²) in [5.41, 5.74) is 0. The van der Waals surface area contributed by atoms with E-state index in [1.54, 1.807) is 0 Å². The molecule has 0 aromatic carbocycles. The first-order valence-corrected chi connectivity index (χ1v) is 8.86. The molecule has 0 radical (unpaired) electrons. The van der Waals surface area contributed by atoms with Crippen LogP contribution in [0.5, 0.6) is 0 Å². The largest absolute Gasteiger partial charge is 0.319 e. The van der Waals surface area contributed by atoms with Gasteiger partial charge >= 0.3 is 9.15 Å². The second-order valence-corrected chi connectivity index (χ2v) is 7.68. The zero-order chi connectivity index (χ0) is 11.9. The van der Waals surface area contributed by atoms with Crippen LogP contribution >= 0.6 is 10.8 Å². The van der Waals surface area contributed by atoms with Crippen molar-refractivity contribution in [1.82, 2.24) is 4.90 Å². The predicted molar refractivity (Wildman–Crippen MR) is 68.1 cm³/mol. The van der Waals surface area contributed by atoms with Gasteiger partial charge in [0, 0.05) is 5.75 Å². The minimum absolute atomic E-state index is 0.499. The Morgan fingerprint density at radius 2 is 1.75 bits per heavy atom. The molecule has 1 saturated heterocycles. The summed E-state index contributed by atoms with van der Waals surface area (Å²) in [5, 5.41) is 0. The van der Waals surface area contributed by atoms with Crippen molar-refractivity contribution in [2.45, 2.75) is 38.5 Å². The molecule has 0 bridgehead atoms. The maximum Gasteiger partial charge on any atom is 0.319 e. The van der Waals surface area contributed by atoms with Crippen molar-refractivity contribution < 1.29 is 13.0 Å². The van der Waals surface area contributed by atoms with Gasteiger partial charge < -0.3 is 4.90 Å². The van der Waals surface area contributed by atoms with Crippen molar-refractivity contribution in [2.24, 2.45) is 0 Å². The van der Waals surface area contributed by atoms with E-state index < -0.39 is 9.15 Å². The van der Waals surface area contributed by atoms with Gasteiger partial charge in [-0.1, -0.05) is 12.8 Å². The first-order valence-electron chi connectivity index (χ1n) is 5.92. The highest BCUT2D eigenvalue weighted by molar-refractivity contribution is 8.69. The molecule has 1 fully saturated rings. The Morgan fingerprint density at radius 3 is 2.38 bits per heavy atom. The normalized spacial score (nSPS) is 18.8. The molecule has 1 aliphatic heterocycles. The van der Waals surface area contributed by atoms with E-state index in [1.807, 2.05) is 0 Å². The Balaban J connectivity index is 1.91. The molecule has 1 heterocycles. The van der Waals surface area contributed by atoms with Crippen LogP contribution in [0, 0.1) is 0 Å². The van der Waals surface area contributed by atoms with Gasteiger partial charge in [-0.25, -0.2) is 0 Å². The van der Waals surface area contributed by atoms with Crippen LogP contribution in [0.3, 0.4) is 0 Å². The average molecular weight is 267 g/mol. The van der Waals surface area contributed by atoms with Crippen LogP contribution < -0.4 is 0 Å². The third kappa shape index (κ3) is 7.49. The molecular formula is C10H21NO3S2. The third-order valence-electron chi connectivity index (χ3n) is 2.80. The molecule has 0 aromatic rings. The molecule has 1 N–H and O–H groups in total. The number of rotatable bonds is 7. The fraction of sp³-hybridized carbons (Fsp3) is 1.00. The monoisotopic (exact) mass is 267 g/mol. The standard InChI is InChI=1S/C10H21NO3S2/c12-16(13,14)15-10-6-2-5-9-11-7-3-1-4-8-11/h1-10H2,(H,12,13,14). The maximum atomic E-state index is 10.4. The van der Waals surface area contributed by atoms with Crippen molar-refractivity contribution in [1.29, 1.82) is 0 Å². The molecule has 0 unspecified atom stereocenters. The molecule has 0 amide bonds. The van der Waals surface area contributed by atoms with E-state index >= 15 is 0 Å². The fourth-order valence-electron chi connectivity index (χ4n) is 1.96. The minimum atomic E-state index is -3.83. The molecular weight excluding hydrogens is 246 g/mol. The van der Waals surface area contributed by atoms with Crippen molar-refractivity contribution in [3.63, 3.8) is 0 Å². The zero-order valence-corrected chi connectivity index (χ0v) is 11.2. The maximum absolute atomic E-state index is 10.4. The van der Waals surface area contributed by atoms with Crippen LogP contribution in [0.2, 0.25) is 0 Å².